The highest BCUT2D eigenvalue weighted by Gasteiger charge is 2.15. The van der Waals surface area contributed by atoms with Gasteiger partial charge in [-0.05, 0) is 6.07 Å². The first kappa shape index (κ1) is 15.1. The molecule has 1 aromatic carbocycles. The van der Waals surface area contributed by atoms with Gasteiger partial charge in [-0.3, -0.25) is 4.79 Å². The van der Waals surface area contributed by atoms with E-state index in [1.165, 1.54) is 12.1 Å². The average molecular weight is 319 g/mol. The molecule has 0 radical (unpaired) electrons. The Morgan fingerprint density at radius 2 is 2.35 bits per heavy atom. The maximum absolute atomic E-state index is 13.4. The molecular weight excluding hydrogens is 307 g/mol. The number of rotatable bonds is 6. The first-order valence-electron chi connectivity index (χ1n) is 5.71. The summed E-state index contributed by atoms with van der Waals surface area (Å²) in [7, 11) is 1.57. The minimum atomic E-state index is -0.940. The Labute approximate surface area is 123 Å². The molecule has 0 saturated carbocycles. The number of hydrogen-bond acceptors (Lipinski definition) is 4. The molecule has 8 heteroatoms. The fourth-order valence-electron chi connectivity index (χ4n) is 1.73. The van der Waals surface area contributed by atoms with Crippen molar-refractivity contribution in [3.63, 3.8) is 0 Å². The molecule has 0 fully saturated rings. The maximum atomic E-state index is 13.4. The highest BCUT2D eigenvalue weighted by atomic mass is 35.5. The van der Waals surface area contributed by atoms with Crippen molar-refractivity contribution in [2.45, 2.75) is 11.7 Å². The molecule has 0 bridgehead atoms. The van der Waals surface area contributed by atoms with Crippen molar-refractivity contribution in [3.8, 4) is 0 Å². The molecule has 20 heavy (non-hydrogen) atoms. The molecular formula is C12H12ClFN2O3S. The molecule has 108 valence electrons. The molecule has 0 aliphatic heterocycles. The van der Waals surface area contributed by atoms with E-state index in [1.807, 2.05) is 0 Å². The molecule has 0 amide bonds. The van der Waals surface area contributed by atoms with Gasteiger partial charge < -0.3 is 14.4 Å². The Morgan fingerprint density at radius 3 is 3.00 bits per heavy atom. The van der Waals surface area contributed by atoms with Gasteiger partial charge in [0, 0.05) is 19.7 Å². The van der Waals surface area contributed by atoms with E-state index >= 15 is 0 Å². The Hall–Kier alpha value is -1.31. The molecule has 1 N–H and O–H groups in total. The summed E-state index contributed by atoms with van der Waals surface area (Å²) in [4.78, 5) is 14.9. The third kappa shape index (κ3) is 3.23. The molecule has 0 atom stereocenters. The molecule has 0 unspecified atom stereocenters. The van der Waals surface area contributed by atoms with Crippen molar-refractivity contribution in [1.29, 1.82) is 0 Å². The lowest BCUT2D eigenvalue weighted by Gasteiger charge is -2.07. The number of aromatic nitrogens is 2. The van der Waals surface area contributed by atoms with Gasteiger partial charge in [-0.2, -0.15) is 0 Å². The Morgan fingerprint density at radius 1 is 1.60 bits per heavy atom. The van der Waals surface area contributed by atoms with Gasteiger partial charge in [-0.1, -0.05) is 23.4 Å². The van der Waals surface area contributed by atoms with E-state index < -0.39 is 11.8 Å². The van der Waals surface area contributed by atoms with Crippen LogP contribution in [0.5, 0.6) is 0 Å². The summed E-state index contributed by atoms with van der Waals surface area (Å²) in [6.07, 6.45) is 0. The van der Waals surface area contributed by atoms with Crippen molar-refractivity contribution < 1.29 is 19.0 Å². The zero-order valence-electron chi connectivity index (χ0n) is 10.6. The standard InChI is InChI=1S/C12H12ClFN2O3S/c1-19-3-2-16-10-4-7(13)8(14)5-9(10)15-12(16)20-6-11(17)18/h4-5H,2-3,6H2,1H3,(H,17,18). The number of methoxy groups -OCH3 is 1. The third-order valence-electron chi connectivity index (χ3n) is 2.60. The Kier molecular flexibility index (Phi) is 4.85. The lowest BCUT2D eigenvalue weighted by molar-refractivity contribution is -0.133. The number of halogens is 2. The van der Waals surface area contributed by atoms with Gasteiger partial charge >= 0.3 is 5.97 Å². The molecule has 2 rings (SSSR count). The topological polar surface area (TPSA) is 64.3 Å². The normalized spacial score (nSPS) is 11.2. The summed E-state index contributed by atoms with van der Waals surface area (Å²) < 4.78 is 20.2. The van der Waals surface area contributed by atoms with E-state index in [-0.39, 0.29) is 10.8 Å². The van der Waals surface area contributed by atoms with Crippen LogP contribution in [0.1, 0.15) is 0 Å². The second-order valence-corrected chi connectivity index (χ2v) is 5.33. The number of fused-ring (bicyclic) bond motifs is 1. The van der Waals surface area contributed by atoms with Crippen LogP contribution in [-0.2, 0) is 16.1 Å². The molecule has 0 aliphatic rings. The number of benzene rings is 1. The fraction of sp³-hybridized carbons (Fsp3) is 0.333. The van der Waals surface area contributed by atoms with Crippen molar-refractivity contribution in [3.05, 3.63) is 23.0 Å². The van der Waals surface area contributed by atoms with E-state index in [9.17, 15) is 9.18 Å². The third-order valence-corrected chi connectivity index (χ3v) is 3.85. The van der Waals surface area contributed by atoms with E-state index in [0.29, 0.717) is 29.3 Å². The van der Waals surface area contributed by atoms with E-state index in [1.54, 1.807) is 11.7 Å². The number of hydrogen-bond donors (Lipinski definition) is 1. The number of carboxylic acids is 1. The van der Waals surface area contributed by atoms with E-state index in [2.05, 4.69) is 4.98 Å². The number of ether oxygens (including phenoxy) is 1. The van der Waals surface area contributed by atoms with Gasteiger partial charge in [0.25, 0.3) is 0 Å². The van der Waals surface area contributed by atoms with Crippen LogP contribution in [-0.4, -0.2) is 40.1 Å². The number of imidazole rings is 1. The number of nitrogens with zero attached hydrogens (tertiary/aromatic N) is 2. The molecule has 0 aliphatic carbocycles. The van der Waals surface area contributed by atoms with Crippen LogP contribution >= 0.6 is 23.4 Å². The molecule has 0 spiro atoms. The fourth-order valence-corrected chi connectivity index (χ4v) is 2.65. The van der Waals surface area contributed by atoms with Gasteiger partial charge in [-0.15, -0.1) is 0 Å². The monoisotopic (exact) mass is 318 g/mol. The molecule has 2 aromatic rings. The number of carbonyl (C=O) groups is 1. The summed E-state index contributed by atoms with van der Waals surface area (Å²) in [5.41, 5.74) is 1.09. The highest BCUT2D eigenvalue weighted by Crippen LogP contribution is 2.28. The number of carboxylic acid groups (broad SMARTS) is 1. The summed E-state index contributed by atoms with van der Waals surface area (Å²) >= 11 is 6.86. The first-order chi connectivity index (χ1) is 9.52. The van der Waals surface area contributed by atoms with E-state index in [4.69, 9.17) is 21.4 Å². The number of aliphatic carboxylic acids is 1. The second kappa shape index (κ2) is 6.43. The van der Waals surface area contributed by atoms with Gasteiger partial charge in [0.05, 0.1) is 28.4 Å². The summed E-state index contributed by atoms with van der Waals surface area (Å²) in [5, 5.41) is 9.25. The summed E-state index contributed by atoms with van der Waals surface area (Å²) in [5.74, 6) is -1.61. The SMILES string of the molecule is COCCn1c(SCC(=O)O)nc2cc(F)c(Cl)cc21. The van der Waals surface area contributed by atoms with Crippen molar-refractivity contribution >= 4 is 40.4 Å². The van der Waals surface area contributed by atoms with Crippen molar-refractivity contribution in [2.24, 2.45) is 0 Å². The first-order valence-corrected chi connectivity index (χ1v) is 7.08. The highest BCUT2D eigenvalue weighted by molar-refractivity contribution is 7.99. The Balaban J connectivity index is 2.45. The molecule has 5 nitrogen and oxygen atoms in total. The molecule has 1 aromatic heterocycles. The zero-order valence-corrected chi connectivity index (χ0v) is 12.2. The van der Waals surface area contributed by atoms with Crippen LogP contribution in [0.25, 0.3) is 11.0 Å². The van der Waals surface area contributed by atoms with Crippen LogP contribution in [0.3, 0.4) is 0 Å². The van der Waals surface area contributed by atoms with Crippen LogP contribution < -0.4 is 0 Å². The lowest BCUT2D eigenvalue weighted by atomic mass is 10.3. The van der Waals surface area contributed by atoms with Crippen molar-refractivity contribution in [1.82, 2.24) is 9.55 Å². The van der Waals surface area contributed by atoms with E-state index in [0.717, 1.165) is 11.8 Å². The Bertz CT molecular complexity index is 647. The zero-order chi connectivity index (χ0) is 14.7. The quantitative estimate of drug-likeness (QED) is 0.830. The van der Waals surface area contributed by atoms with Gasteiger partial charge in [0.2, 0.25) is 0 Å². The molecule has 1 heterocycles. The van der Waals surface area contributed by atoms with Crippen LogP contribution in [0, 0.1) is 5.82 Å². The number of thioether (sulfide) groups is 1. The average Bonchev–Trinajstić information content (AvgIpc) is 2.72. The predicted octanol–water partition coefficient (Wildman–Crippen LogP) is 2.65. The molecule has 0 saturated heterocycles. The van der Waals surface area contributed by atoms with Gasteiger partial charge in [0.1, 0.15) is 5.82 Å². The van der Waals surface area contributed by atoms with Crippen LogP contribution in [0.4, 0.5) is 4.39 Å². The van der Waals surface area contributed by atoms with Crippen LogP contribution in [0.2, 0.25) is 5.02 Å². The second-order valence-electron chi connectivity index (χ2n) is 3.98. The maximum Gasteiger partial charge on any atom is 0.313 e. The smallest absolute Gasteiger partial charge is 0.313 e. The van der Waals surface area contributed by atoms with Gasteiger partial charge in [0.15, 0.2) is 5.16 Å². The lowest BCUT2D eigenvalue weighted by Crippen LogP contribution is -2.07. The largest absolute Gasteiger partial charge is 0.481 e. The van der Waals surface area contributed by atoms with Crippen molar-refractivity contribution in [2.75, 3.05) is 19.5 Å². The predicted molar refractivity (Wildman–Crippen MR) is 74.9 cm³/mol. The minimum absolute atomic E-state index is 0.00542. The van der Waals surface area contributed by atoms with Crippen LogP contribution in [0.15, 0.2) is 17.3 Å². The van der Waals surface area contributed by atoms with Gasteiger partial charge in [-0.25, -0.2) is 9.37 Å². The minimum Gasteiger partial charge on any atom is -0.481 e. The summed E-state index contributed by atoms with van der Waals surface area (Å²) in [6, 6.07) is 2.73. The summed E-state index contributed by atoms with van der Waals surface area (Å²) in [6.45, 7) is 0.915.